The van der Waals surface area contributed by atoms with Gasteiger partial charge in [0, 0.05) is 26.2 Å². The van der Waals surface area contributed by atoms with E-state index in [2.05, 4.69) is 4.90 Å². The van der Waals surface area contributed by atoms with Gasteiger partial charge in [0.25, 0.3) is 0 Å². The number of amides is 1. The summed E-state index contributed by atoms with van der Waals surface area (Å²) in [6.45, 7) is 10.1. The molecule has 1 aromatic rings. The van der Waals surface area contributed by atoms with Crippen molar-refractivity contribution in [2.75, 3.05) is 39.6 Å². The Morgan fingerprint density at radius 1 is 1.11 bits per heavy atom. The molecule has 0 radical (unpaired) electrons. The molecule has 0 aromatic heterocycles. The van der Waals surface area contributed by atoms with Gasteiger partial charge >= 0.3 is 12.1 Å². The van der Waals surface area contributed by atoms with Crippen LogP contribution < -0.4 is 9.47 Å². The first-order valence-corrected chi connectivity index (χ1v) is 12.6. The van der Waals surface area contributed by atoms with E-state index >= 15 is 0 Å². The lowest BCUT2D eigenvalue weighted by molar-refractivity contribution is -0.155. The zero-order valence-corrected chi connectivity index (χ0v) is 21.2. The predicted octanol–water partition coefficient (Wildman–Crippen LogP) is 3.28. The van der Waals surface area contributed by atoms with Crippen LogP contribution in [0, 0.1) is 5.92 Å². The van der Waals surface area contributed by atoms with Gasteiger partial charge in [0.15, 0.2) is 11.5 Å². The van der Waals surface area contributed by atoms with E-state index < -0.39 is 17.2 Å². The molecule has 9 heteroatoms. The molecular weight excluding hydrogens is 452 g/mol. The van der Waals surface area contributed by atoms with Gasteiger partial charge < -0.3 is 29.0 Å². The standard InChI is InChI=1S/C26H38N2O7/c1-5-32-23(29)22(18-8-12-28(13-9-18)24(30)35-25(2,3)4)27-14-10-26(31,11-15-27)19-6-7-20-21(16-19)34-17-33-20/h6-7,16,18,22,31H,5,8-15,17H2,1-4H3. The fraction of sp³-hybridized carbons (Fsp3) is 0.692. The first-order chi connectivity index (χ1) is 16.6. The van der Waals surface area contributed by atoms with Gasteiger partial charge in [0.05, 0.1) is 12.2 Å². The van der Waals surface area contributed by atoms with Crippen molar-refractivity contribution >= 4 is 12.1 Å². The van der Waals surface area contributed by atoms with E-state index in [4.69, 9.17) is 18.9 Å². The van der Waals surface area contributed by atoms with Crippen molar-refractivity contribution in [1.82, 2.24) is 9.80 Å². The van der Waals surface area contributed by atoms with Gasteiger partial charge in [-0.15, -0.1) is 0 Å². The van der Waals surface area contributed by atoms with Crippen molar-refractivity contribution in [3.63, 3.8) is 0 Å². The summed E-state index contributed by atoms with van der Waals surface area (Å²) < 4.78 is 21.8. The lowest BCUT2D eigenvalue weighted by atomic mass is 9.81. The molecule has 1 aromatic carbocycles. The van der Waals surface area contributed by atoms with Crippen LogP contribution in [0.15, 0.2) is 18.2 Å². The molecule has 0 bridgehead atoms. The molecule has 9 nitrogen and oxygen atoms in total. The van der Waals surface area contributed by atoms with Crippen LogP contribution in [0.3, 0.4) is 0 Å². The molecule has 3 aliphatic heterocycles. The molecule has 0 saturated carbocycles. The molecule has 1 atom stereocenters. The van der Waals surface area contributed by atoms with E-state index in [0.717, 1.165) is 5.56 Å². The Labute approximate surface area is 207 Å². The van der Waals surface area contributed by atoms with E-state index in [1.165, 1.54) is 0 Å². The summed E-state index contributed by atoms with van der Waals surface area (Å²) >= 11 is 0. The second-order valence-corrected chi connectivity index (χ2v) is 10.6. The molecule has 0 spiro atoms. The maximum atomic E-state index is 13.0. The molecule has 3 aliphatic rings. The summed E-state index contributed by atoms with van der Waals surface area (Å²) in [6.07, 6.45) is 2.09. The fourth-order valence-corrected chi connectivity index (χ4v) is 5.24. The van der Waals surface area contributed by atoms with Crippen LogP contribution in [0.1, 0.15) is 58.9 Å². The van der Waals surface area contributed by atoms with Crippen molar-refractivity contribution in [2.24, 2.45) is 5.92 Å². The summed E-state index contributed by atoms with van der Waals surface area (Å²) in [5, 5.41) is 11.4. The van der Waals surface area contributed by atoms with Gasteiger partial charge in [-0.1, -0.05) is 6.07 Å². The van der Waals surface area contributed by atoms with Crippen LogP contribution in [0.25, 0.3) is 0 Å². The lowest BCUT2D eigenvalue weighted by Gasteiger charge is -2.44. The normalized spacial score (nSPS) is 21.5. The van der Waals surface area contributed by atoms with E-state index in [-0.39, 0.29) is 24.8 Å². The van der Waals surface area contributed by atoms with Crippen molar-refractivity contribution in [1.29, 1.82) is 0 Å². The second kappa shape index (κ2) is 10.2. The third-order valence-corrected chi connectivity index (χ3v) is 7.09. The Morgan fingerprint density at radius 3 is 2.40 bits per heavy atom. The molecule has 194 valence electrons. The van der Waals surface area contributed by atoms with Crippen molar-refractivity contribution in [3.05, 3.63) is 23.8 Å². The maximum Gasteiger partial charge on any atom is 0.410 e. The molecular formula is C26H38N2O7. The van der Waals surface area contributed by atoms with Crippen molar-refractivity contribution in [2.45, 2.75) is 70.6 Å². The number of hydrogen-bond donors (Lipinski definition) is 1. The van der Waals surface area contributed by atoms with E-state index in [9.17, 15) is 14.7 Å². The Morgan fingerprint density at radius 2 is 1.77 bits per heavy atom. The fourth-order valence-electron chi connectivity index (χ4n) is 5.24. The molecule has 3 heterocycles. The Balaban J connectivity index is 1.40. The SMILES string of the molecule is CCOC(=O)C(C1CCN(C(=O)OC(C)(C)C)CC1)N1CCC(O)(c2ccc3c(c2)OCO3)CC1. The number of likely N-dealkylation sites (tertiary alicyclic amines) is 2. The Hall–Kier alpha value is -2.52. The number of rotatable bonds is 5. The molecule has 2 fully saturated rings. The number of fused-ring (bicyclic) bond motifs is 1. The number of carbonyl (C=O) groups is 2. The summed E-state index contributed by atoms with van der Waals surface area (Å²) in [7, 11) is 0. The van der Waals surface area contributed by atoms with E-state index in [1.807, 2.05) is 45.9 Å². The molecule has 1 N–H and O–H groups in total. The minimum absolute atomic E-state index is 0.0736. The van der Waals surface area contributed by atoms with Crippen LogP contribution >= 0.6 is 0 Å². The smallest absolute Gasteiger partial charge is 0.410 e. The second-order valence-electron chi connectivity index (χ2n) is 10.6. The van der Waals surface area contributed by atoms with Gasteiger partial charge in [-0.05, 0) is 77.0 Å². The average molecular weight is 491 g/mol. The maximum absolute atomic E-state index is 13.0. The van der Waals surface area contributed by atoms with E-state index in [1.54, 1.807) is 4.90 Å². The summed E-state index contributed by atoms with van der Waals surface area (Å²) in [4.78, 5) is 29.4. The minimum Gasteiger partial charge on any atom is -0.465 e. The summed E-state index contributed by atoms with van der Waals surface area (Å²) in [5.41, 5.74) is -0.722. The zero-order valence-electron chi connectivity index (χ0n) is 21.2. The van der Waals surface area contributed by atoms with Crippen LogP contribution in [-0.4, -0.2) is 78.2 Å². The number of nitrogens with zero attached hydrogens (tertiary/aromatic N) is 2. The number of piperidine rings is 2. The summed E-state index contributed by atoms with van der Waals surface area (Å²) in [6, 6.07) is 5.19. The van der Waals surface area contributed by atoms with Crippen molar-refractivity contribution < 1.29 is 33.6 Å². The quantitative estimate of drug-likeness (QED) is 0.628. The largest absolute Gasteiger partial charge is 0.465 e. The van der Waals surface area contributed by atoms with Gasteiger partial charge in [0.1, 0.15) is 11.6 Å². The molecule has 0 aliphatic carbocycles. The van der Waals surface area contributed by atoms with Crippen LogP contribution in [-0.2, 0) is 19.9 Å². The molecule has 2 saturated heterocycles. The van der Waals surface area contributed by atoms with Crippen molar-refractivity contribution in [3.8, 4) is 11.5 Å². The average Bonchev–Trinajstić information content (AvgIpc) is 3.28. The third-order valence-electron chi connectivity index (χ3n) is 7.09. The number of hydrogen-bond acceptors (Lipinski definition) is 8. The van der Waals surface area contributed by atoms with Gasteiger partial charge in [0.2, 0.25) is 6.79 Å². The highest BCUT2D eigenvalue weighted by atomic mass is 16.7. The van der Waals surface area contributed by atoms with Crippen LogP contribution in [0.4, 0.5) is 4.79 Å². The number of ether oxygens (including phenoxy) is 4. The molecule has 1 unspecified atom stereocenters. The number of esters is 1. The predicted molar refractivity (Wildman–Crippen MR) is 128 cm³/mol. The molecule has 35 heavy (non-hydrogen) atoms. The number of carbonyl (C=O) groups excluding carboxylic acids is 2. The Kier molecular flexibility index (Phi) is 7.47. The zero-order chi connectivity index (χ0) is 25.2. The number of aliphatic hydroxyl groups is 1. The van der Waals surface area contributed by atoms with Gasteiger partial charge in [-0.3, -0.25) is 9.69 Å². The highest BCUT2D eigenvalue weighted by molar-refractivity contribution is 5.76. The minimum atomic E-state index is -0.989. The van der Waals surface area contributed by atoms with E-state index in [0.29, 0.717) is 70.0 Å². The lowest BCUT2D eigenvalue weighted by Crippen LogP contribution is -2.55. The van der Waals surface area contributed by atoms with Crippen LogP contribution in [0.5, 0.6) is 11.5 Å². The van der Waals surface area contributed by atoms with Gasteiger partial charge in [-0.25, -0.2) is 4.79 Å². The number of benzene rings is 1. The molecule has 1 amide bonds. The highest BCUT2D eigenvalue weighted by Gasteiger charge is 2.43. The topological polar surface area (TPSA) is 97.8 Å². The Bertz CT molecular complexity index is 913. The molecule has 4 rings (SSSR count). The van der Waals surface area contributed by atoms with Crippen LogP contribution in [0.2, 0.25) is 0 Å². The van der Waals surface area contributed by atoms with Gasteiger partial charge in [-0.2, -0.15) is 0 Å². The first kappa shape index (κ1) is 25.6. The highest BCUT2D eigenvalue weighted by Crippen LogP contribution is 2.40. The summed E-state index contributed by atoms with van der Waals surface area (Å²) in [5.74, 6) is 1.19. The third kappa shape index (κ3) is 5.83. The first-order valence-electron chi connectivity index (χ1n) is 12.6. The monoisotopic (exact) mass is 490 g/mol.